The summed E-state index contributed by atoms with van der Waals surface area (Å²) in [6.07, 6.45) is -1.20. The highest BCUT2D eigenvalue weighted by molar-refractivity contribution is 5.87. The molecule has 0 saturated carbocycles. The number of hydrogen-bond donors (Lipinski definition) is 0. The minimum absolute atomic E-state index is 0.149. The van der Waals surface area contributed by atoms with E-state index in [-0.39, 0.29) is 17.6 Å². The average Bonchev–Trinajstić information content (AvgIpc) is 2.21. The van der Waals surface area contributed by atoms with E-state index in [9.17, 15) is 9.59 Å². The highest BCUT2D eigenvalue weighted by atomic mass is 17.5. The van der Waals surface area contributed by atoms with Crippen molar-refractivity contribution in [2.24, 2.45) is 5.41 Å². The second-order valence-corrected chi connectivity index (χ2v) is 5.90. The lowest BCUT2D eigenvalue weighted by molar-refractivity contribution is -0.493. The lowest BCUT2D eigenvalue weighted by atomic mass is 9.99. The van der Waals surface area contributed by atoms with Crippen LogP contribution in [0.4, 0.5) is 4.79 Å². The molecule has 7 nitrogen and oxygen atoms in total. The van der Waals surface area contributed by atoms with Gasteiger partial charge in [0.15, 0.2) is 0 Å². The summed E-state index contributed by atoms with van der Waals surface area (Å²) < 4.78 is 9.61. The Hall–Kier alpha value is -1.60. The van der Waals surface area contributed by atoms with Gasteiger partial charge in [-0.2, -0.15) is 4.89 Å². The molecular formula is C13H22O7. The van der Waals surface area contributed by atoms with Crippen LogP contribution in [0.5, 0.6) is 0 Å². The van der Waals surface area contributed by atoms with E-state index in [4.69, 9.17) is 9.47 Å². The maximum atomic E-state index is 11.3. The molecule has 0 amide bonds. The van der Waals surface area contributed by atoms with Crippen LogP contribution in [0.1, 0.15) is 41.5 Å². The molecule has 0 N–H and O–H groups in total. The van der Waals surface area contributed by atoms with Crippen molar-refractivity contribution < 1.29 is 33.9 Å². The van der Waals surface area contributed by atoms with E-state index in [0.717, 1.165) is 0 Å². The van der Waals surface area contributed by atoms with Gasteiger partial charge in [0.1, 0.15) is 0 Å². The number of rotatable bonds is 6. The Balaban J connectivity index is 4.06. The van der Waals surface area contributed by atoms with Crippen LogP contribution in [0.3, 0.4) is 0 Å². The maximum Gasteiger partial charge on any atom is 0.545 e. The van der Waals surface area contributed by atoms with Crippen LogP contribution in [-0.4, -0.2) is 24.5 Å². The molecule has 0 saturated heterocycles. The van der Waals surface area contributed by atoms with Crippen molar-refractivity contribution in [1.29, 1.82) is 0 Å². The second kappa shape index (κ2) is 7.25. The van der Waals surface area contributed by atoms with Crippen molar-refractivity contribution in [2.75, 3.05) is 6.61 Å². The lowest BCUT2D eigenvalue weighted by Crippen LogP contribution is -2.34. The zero-order valence-electron chi connectivity index (χ0n) is 12.8. The van der Waals surface area contributed by atoms with Gasteiger partial charge >= 0.3 is 12.1 Å². The molecule has 0 aromatic heterocycles. The number of hydrogen-bond acceptors (Lipinski definition) is 7. The SMILES string of the molecule is C=C(C)C(=O)OC(C)(C)OC(=O)OOOCC(C)(C)C. The Bertz CT molecular complexity index is 365. The molecule has 0 rings (SSSR count). The van der Waals surface area contributed by atoms with E-state index >= 15 is 0 Å². The van der Waals surface area contributed by atoms with Gasteiger partial charge in [-0.1, -0.05) is 27.4 Å². The first-order chi connectivity index (χ1) is 8.93. The minimum Gasteiger partial charge on any atom is -0.420 e. The van der Waals surface area contributed by atoms with E-state index < -0.39 is 17.9 Å². The fourth-order valence-electron chi connectivity index (χ4n) is 0.802. The minimum atomic E-state index is -1.51. The van der Waals surface area contributed by atoms with Gasteiger partial charge in [0, 0.05) is 19.4 Å². The molecule has 0 fully saturated rings. The summed E-state index contributed by atoms with van der Waals surface area (Å²) >= 11 is 0. The zero-order valence-corrected chi connectivity index (χ0v) is 12.8. The molecule has 0 bridgehead atoms. The summed E-state index contributed by atoms with van der Waals surface area (Å²) in [5.74, 6) is -2.20. The normalized spacial score (nSPS) is 11.7. The summed E-state index contributed by atoms with van der Waals surface area (Å²) in [7, 11) is 0. The van der Waals surface area contributed by atoms with Crippen LogP contribution in [0.25, 0.3) is 0 Å². The van der Waals surface area contributed by atoms with Crippen molar-refractivity contribution in [3.8, 4) is 0 Å². The van der Waals surface area contributed by atoms with Crippen molar-refractivity contribution in [3.05, 3.63) is 12.2 Å². The van der Waals surface area contributed by atoms with Gasteiger partial charge in [-0.25, -0.2) is 14.5 Å². The van der Waals surface area contributed by atoms with Gasteiger partial charge in [0.25, 0.3) is 5.79 Å². The van der Waals surface area contributed by atoms with E-state index in [1.54, 1.807) is 0 Å². The highest BCUT2D eigenvalue weighted by Crippen LogP contribution is 2.16. The molecule has 7 heteroatoms. The third-order valence-electron chi connectivity index (χ3n) is 1.66. The standard InChI is InChI=1S/C13H22O7/c1-9(2)10(14)17-13(6,7)18-11(15)19-20-16-8-12(3,4)5/h1,8H2,2-7H3. The third kappa shape index (κ3) is 9.35. The van der Waals surface area contributed by atoms with Crippen LogP contribution in [0.15, 0.2) is 12.2 Å². The number of carbonyl (C=O) groups excluding carboxylic acids is 2. The smallest absolute Gasteiger partial charge is 0.420 e. The molecule has 0 aliphatic rings. The largest absolute Gasteiger partial charge is 0.545 e. The van der Waals surface area contributed by atoms with Gasteiger partial charge in [0.05, 0.1) is 6.61 Å². The van der Waals surface area contributed by atoms with Crippen LogP contribution in [-0.2, 0) is 29.1 Å². The van der Waals surface area contributed by atoms with Gasteiger partial charge in [-0.05, 0) is 17.4 Å². The topological polar surface area (TPSA) is 80.3 Å². The van der Waals surface area contributed by atoms with E-state index in [1.807, 2.05) is 20.8 Å². The fourth-order valence-corrected chi connectivity index (χ4v) is 0.802. The zero-order chi connectivity index (χ0) is 16.0. The van der Waals surface area contributed by atoms with Gasteiger partial charge in [0.2, 0.25) is 0 Å². The molecule has 20 heavy (non-hydrogen) atoms. The van der Waals surface area contributed by atoms with Crippen LogP contribution in [0.2, 0.25) is 0 Å². The number of esters is 1. The summed E-state index contributed by atoms with van der Waals surface area (Å²) in [6, 6.07) is 0. The van der Waals surface area contributed by atoms with Crippen LogP contribution >= 0.6 is 0 Å². The Kier molecular flexibility index (Phi) is 6.67. The molecule has 0 unspecified atom stereocenters. The highest BCUT2D eigenvalue weighted by Gasteiger charge is 2.29. The number of carbonyl (C=O) groups is 2. The molecule has 0 radical (unpaired) electrons. The second-order valence-electron chi connectivity index (χ2n) is 5.90. The Labute approximate surface area is 118 Å². The molecule has 0 heterocycles. The molecule has 0 atom stereocenters. The fraction of sp³-hybridized carbons (Fsp3) is 0.692. The molecule has 0 aliphatic heterocycles. The Morgan fingerprint density at radius 3 is 2.05 bits per heavy atom. The summed E-state index contributed by atoms with van der Waals surface area (Å²) in [6.45, 7) is 13.6. The molecule has 116 valence electrons. The lowest BCUT2D eigenvalue weighted by Gasteiger charge is -2.23. The van der Waals surface area contributed by atoms with E-state index in [0.29, 0.717) is 0 Å². The summed E-state index contributed by atoms with van der Waals surface area (Å²) in [4.78, 5) is 31.4. The van der Waals surface area contributed by atoms with E-state index in [1.165, 1.54) is 20.8 Å². The van der Waals surface area contributed by atoms with Crippen molar-refractivity contribution in [3.63, 3.8) is 0 Å². The maximum absolute atomic E-state index is 11.3. The quantitative estimate of drug-likeness (QED) is 0.186. The van der Waals surface area contributed by atoms with Crippen LogP contribution < -0.4 is 0 Å². The summed E-state index contributed by atoms with van der Waals surface area (Å²) in [5, 5.41) is 4.24. The molecule has 0 aromatic carbocycles. The van der Waals surface area contributed by atoms with Crippen LogP contribution in [0, 0.1) is 5.41 Å². The first-order valence-corrected chi connectivity index (χ1v) is 6.01. The number of ether oxygens (including phenoxy) is 2. The predicted octanol–water partition coefficient (Wildman–Crippen LogP) is 2.90. The van der Waals surface area contributed by atoms with Crippen molar-refractivity contribution in [2.45, 2.75) is 47.3 Å². The Morgan fingerprint density at radius 2 is 1.60 bits per heavy atom. The summed E-state index contributed by atoms with van der Waals surface area (Å²) in [5.41, 5.74) is 0.0311. The first kappa shape index (κ1) is 18.4. The van der Waals surface area contributed by atoms with E-state index in [2.05, 4.69) is 21.4 Å². The monoisotopic (exact) mass is 290 g/mol. The molecule has 0 spiro atoms. The van der Waals surface area contributed by atoms with Gasteiger partial charge < -0.3 is 9.47 Å². The van der Waals surface area contributed by atoms with Crippen molar-refractivity contribution in [1.82, 2.24) is 0 Å². The first-order valence-electron chi connectivity index (χ1n) is 6.01. The molecule has 0 aliphatic carbocycles. The van der Waals surface area contributed by atoms with Crippen molar-refractivity contribution >= 4 is 12.1 Å². The molecule has 0 aromatic rings. The predicted molar refractivity (Wildman–Crippen MR) is 69.0 cm³/mol. The molecular weight excluding hydrogens is 268 g/mol. The third-order valence-corrected chi connectivity index (χ3v) is 1.66. The average molecular weight is 290 g/mol. The Morgan fingerprint density at radius 1 is 1.05 bits per heavy atom. The van der Waals surface area contributed by atoms with Gasteiger partial charge in [-0.3, -0.25) is 0 Å². The van der Waals surface area contributed by atoms with Gasteiger partial charge in [-0.15, -0.1) is 0 Å².